The highest BCUT2D eigenvalue weighted by atomic mass is 19.1. The number of benzene rings is 1. The summed E-state index contributed by atoms with van der Waals surface area (Å²) in [5, 5.41) is 0. The zero-order chi connectivity index (χ0) is 13.2. The second-order valence-electron chi connectivity index (χ2n) is 5.38. The lowest BCUT2D eigenvalue weighted by Crippen LogP contribution is -2.46. The molecule has 0 aromatic heterocycles. The quantitative estimate of drug-likeness (QED) is 0.835. The minimum Gasteiger partial charge on any atom is -0.374 e. The first-order valence-electron chi connectivity index (χ1n) is 6.87. The zero-order valence-corrected chi connectivity index (χ0v) is 10.8. The Kier molecular flexibility index (Phi) is 3.51. The summed E-state index contributed by atoms with van der Waals surface area (Å²) < 4.78 is 18.5. The molecule has 1 saturated carbocycles. The molecule has 1 unspecified atom stereocenters. The minimum absolute atomic E-state index is 0.0295. The fourth-order valence-electron chi connectivity index (χ4n) is 2.51. The predicted octanol–water partition coefficient (Wildman–Crippen LogP) is 2.01. The smallest absolute Gasteiger partial charge is 0.225 e. The van der Waals surface area contributed by atoms with Crippen LogP contribution >= 0.6 is 0 Å². The molecule has 4 heteroatoms. The average Bonchev–Trinajstić information content (AvgIpc) is 3.25. The number of rotatable bonds is 3. The van der Waals surface area contributed by atoms with Crippen molar-refractivity contribution in [3.05, 3.63) is 35.6 Å². The maximum absolute atomic E-state index is 12.8. The van der Waals surface area contributed by atoms with Crippen molar-refractivity contribution in [1.29, 1.82) is 0 Å². The number of amides is 1. The van der Waals surface area contributed by atoms with Gasteiger partial charge in [-0.1, -0.05) is 12.1 Å². The number of halogens is 1. The van der Waals surface area contributed by atoms with Gasteiger partial charge in [-0.05, 0) is 30.5 Å². The first kappa shape index (κ1) is 12.6. The summed E-state index contributed by atoms with van der Waals surface area (Å²) in [6, 6.07) is 6.48. The first-order chi connectivity index (χ1) is 9.22. The number of hydrogen-bond acceptors (Lipinski definition) is 2. The Balaban J connectivity index is 1.58. The molecule has 0 N–H and O–H groups in total. The fourth-order valence-corrected chi connectivity index (χ4v) is 2.51. The van der Waals surface area contributed by atoms with Crippen molar-refractivity contribution >= 4 is 5.91 Å². The van der Waals surface area contributed by atoms with Crippen LogP contribution < -0.4 is 0 Å². The summed E-state index contributed by atoms with van der Waals surface area (Å²) in [6.45, 7) is 1.96. The zero-order valence-electron chi connectivity index (χ0n) is 10.8. The van der Waals surface area contributed by atoms with Gasteiger partial charge in [0.2, 0.25) is 5.91 Å². The third-order valence-corrected chi connectivity index (χ3v) is 3.75. The van der Waals surface area contributed by atoms with E-state index in [2.05, 4.69) is 0 Å². The summed E-state index contributed by atoms with van der Waals surface area (Å²) >= 11 is 0. The summed E-state index contributed by atoms with van der Waals surface area (Å²) in [7, 11) is 0. The molecule has 3 nitrogen and oxygen atoms in total. The van der Waals surface area contributed by atoms with Crippen molar-refractivity contribution in [2.45, 2.75) is 25.4 Å². The molecule has 2 fully saturated rings. The molecule has 1 heterocycles. The topological polar surface area (TPSA) is 29.5 Å². The minimum atomic E-state index is -0.223. The van der Waals surface area contributed by atoms with E-state index >= 15 is 0 Å². The van der Waals surface area contributed by atoms with Crippen LogP contribution in [0.3, 0.4) is 0 Å². The highest BCUT2D eigenvalue weighted by Gasteiger charge is 2.35. The Morgan fingerprint density at radius 1 is 1.32 bits per heavy atom. The van der Waals surface area contributed by atoms with Gasteiger partial charge in [0.05, 0.1) is 12.7 Å². The Hall–Kier alpha value is -1.42. The van der Waals surface area contributed by atoms with Gasteiger partial charge >= 0.3 is 0 Å². The molecular formula is C15H18FNO2. The summed E-state index contributed by atoms with van der Waals surface area (Å²) in [5.74, 6) is 0.329. The van der Waals surface area contributed by atoms with Gasteiger partial charge in [0.1, 0.15) is 5.82 Å². The number of hydrogen-bond donors (Lipinski definition) is 0. The molecule has 1 aliphatic carbocycles. The van der Waals surface area contributed by atoms with Gasteiger partial charge in [0, 0.05) is 25.4 Å². The van der Waals surface area contributed by atoms with E-state index < -0.39 is 0 Å². The highest BCUT2D eigenvalue weighted by molar-refractivity contribution is 5.81. The Bertz CT molecular complexity index is 456. The molecule has 2 aliphatic rings. The second-order valence-corrected chi connectivity index (χ2v) is 5.38. The van der Waals surface area contributed by atoms with Crippen LogP contribution in [0.5, 0.6) is 0 Å². The van der Waals surface area contributed by atoms with E-state index in [9.17, 15) is 9.18 Å². The molecule has 1 aliphatic heterocycles. The standard InChI is InChI=1S/C15H18FNO2/c16-13-5-1-11(2-6-13)9-14-10-17(7-8-19-14)15(18)12-3-4-12/h1-2,5-6,12,14H,3-4,7-10H2. The third-order valence-electron chi connectivity index (χ3n) is 3.75. The largest absolute Gasteiger partial charge is 0.374 e. The number of carbonyl (C=O) groups excluding carboxylic acids is 1. The number of carbonyl (C=O) groups is 1. The molecule has 1 atom stereocenters. The number of morpholine rings is 1. The second kappa shape index (κ2) is 5.29. The van der Waals surface area contributed by atoms with E-state index in [0.717, 1.165) is 24.8 Å². The van der Waals surface area contributed by atoms with Crippen LogP contribution in [0, 0.1) is 11.7 Å². The fraction of sp³-hybridized carbons (Fsp3) is 0.533. The van der Waals surface area contributed by atoms with E-state index in [4.69, 9.17) is 4.74 Å². The van der Waals surface area contributed by atoms with Crippen molar-refractivity contribution in [2.24, 2.45) is 5.92 Å². The Labute approximate surface area is 112 Å². The van der Waals surface area contributed by atoms with Crippen LogP contribution in [0.1, 0.15) is 18.4 Å². The van der Waals surface area contributed by atoms with Crippen molar-refractivity contribution in [2.75, 3.05) is 19.7 Å². The molecule has 1 saturated heterocycles. The van der Waals surface area contributed by atoms with E-state index in [1.54, 1.807) is 12.1 Å². The van der Waals surface area contributed by atoms with Crippen molar-refractivity contribution in [3.63, 3.8) is 0 Å². The van der Waals surface area contributed by atoms with E-state index in [1.807, 2.05) is 4.90 Å². The number of nitrogens with zero attached hydrogens (tertiary/aromatic N) is 1. The van der Waals surface area contributed by atoms with Gasteiger partial charge in [-0.25, -0.2) is 4.39 Å². The molecule has 1 aromatic rings. The van der Waals surface area contributed by atoms with E-state index in [1.165, 1.54) is 12.1 Å². The lowest BCUT2D eigenvalue weighted by Gasteiger charge is -2.33. The van der Waals surface area contributed by atoms with Crippen molar-refractivity contribution < 1.29 is 13.9 Å². The van der Waals surface area contributed by atoms with Gasteiger partial charge in [0.25, 0.3) is 0 Å². The first-order valence-corrected chi connectivity index (χ1v) is 6.87. The van der Waals surface area contributed by atoms with Gasteiger partial charge in [0.15, 0.2) is 0 Å². The van der Waals surface area contributed by atoms with Gasteiger partial charge in [-0.3, -0.25) is 4.79 Å². The third kappa shape index (κ3) is 3.13. The van der Waals surface area contributed by atoms with Crippen LogP contribution in [0.25, 0.3) is 0 Å². The molecule has 0 radical (unpaired) electrons. The Morgan fingerprint density at radius 3 is 2.74 bits per heavy atom. The van der Waals surface area contributed by atoms with Gasteiger partial charge < -0.3 is 9.64 Å². The maximum atomic E-state index is 12.8. The van der Waals surface area contributed by atoms with Crippen molar-refractivity contribution in [3.8, 4) is 0 Å². The SMILES string of the molecule is O=C(C1CC1)N1CCOC(Cc2ccc(F)cc2)C1. The molecule has 3 rings (SSSR count). The van der Waals surface area contributed by atoms with Crippen molar-refractivity contribution in [1.82, 2.24) is 4.90 Å². The molecule has 0 spiro atoms. The average molecular weight is 263 g/mol. The lowest BCUT2D eigenvalue weighted by molar-refractivity contribution is -0.140. The predicted molar refractivity (Wildman–Crippen MR) is 69.1 cm³/mol. The van der Waals surface area contributed by atoms with Gasteiger partial charge in [-0.15, -0.1) is 0 Å². The van der Waals surface area contributed by atoms with E-state index in [-0.39, 0.29) is 23.7 Å². The van der Waals surface area contributed by atoms with Crippen LogP contribution in [0.15, 0.2) is 24.3 Å². The molecular weight excluding hydrogens is 245 g/mol. The summed E-state index contributed by atoms with van der Waals surface area (Å²) in [4.78, 5) is 13.9. The van der Waals surface area contributed by atoms with Crippen LogP contribution in [0.4, 0.5) is 4.39 Å². The number of ether oxygens (including phenoxy) is 1. The normalized spacial score (nSPS) is 23.4. The van der Waals surface area contributed by atoms with Crippen LogP contribution in [-0.2, 0) is 16.0 Å². The summed E-state index contributed by atoms with van der Waals surface area (Å²) in [6.07, 6.45) is 2.84. The van der Waals surface area contributed by atoms with Gasteiger partial charge in [-0.2, -0.15) is 0 Å². The van der Waals surface area contributed by atoms with E-state index in [0.29, 0.717) is 19.7 Å². The monoisotopic (exact) mass is 263 g/mol. The lowest BCUT2D eigenvalue weighted by atomic mass is 10.1. The molecule has 1 amide bonds. The molecule has 19 heavy (non-hydrogen) atoms. The molecule has 1 aromatic carbocycles. The Morgan fingerprint density at radius 2 is 2.05 bits per heavy atom. The molecule has 102 valence electrons. The maximum Gasteiger partial charge on any atom is 0.225 e. The summed E-state index contributed by atoms with van der Waals surface area (Å²) in [5.41, 5.74) is 1.05. The van der Waals surface area contributed by atoms with Crippen LogP contribution in [-0.4, -0.2) is 36.6 Å². The highest BCUT2D eigenvalue weighted by Crippen LogP contribution is 2.31. The molecule has 0 bridgehead atoms. The van der Waals surface area contributed by atoms with Crippen LogP contribution in [0.2, 0.25) is 0 Å².